The minimum atomic E-state index is 0.294. The lowest BCUT2D eigenvalue weighted by Gasteiger charge is -2.28. The Morgan fingerprint density at radius 3 is 2.75 bits per heavy atom. The first-order chi connectivity index (χ1) is 9.81. The van der Waals surface area contributed by atoms with E-state index in [0.29, 0.717) is 5.41 Å². The van der Waals surface area contributed by atoms with Gasteiger partial charge in [-0.2, -0.15) is 0 Å². The van der Waals surface area contributed by atoms with Crippen molar-refractivity contribution in [1.82, 2.24) is 4.98 Å². The zero-order valence-corrected chi connectivity index (χ0v) is 12.1. The van der Waals surface area contributed by atoms with Crippen molar-refractivity contribution in [2.24, 2.45) is 5.41 Å². The van der Waals surface area contributed by atoms with Crippen LogP contribution in [0.4, 0.5) is 5.82 Å². The van der Waals surface area contributed by atoms with Gasteiger partial charge in [-0.1, -0.05) is 31.0 Å². The molecule has 0 radical (unpaired) electrons. The predicted molar refractivity (Wildman–Crippen MR) is 83.0 cm³/mol. The van der Waals surface area contributed by atoms with Gasteiger partial charge in [0, 0.05) is 24.5 Å². The minimum Gasteiger partial charge on any atom is -0.384 e. The Balaban J connectivity index is 1.72. The lowest BCUT2D eigenvalue weighted by atomic mass is 9.87. The second kappa shape index (κ2) is 5.80. The normalized spacial score (nSPS) is 17.4. The van der Waals surface area contributed by atoms with Gasteiger partial charge in [0.25, 0.3) is 0 Å². The van der Waals surface area contributed by atoms with Crippen molar-refractivity contribution in [1.29, 1.82) is 0 Å². The monoisotopic (exact) mass is 270 g/mol. The summed E-state index contributed by atoms with van der Waals surface area (Å²) in [4.78, 5) is 4.68. The van der Waals surface area contributed by atoms with E-state index in [0.717, 1.165) is 24.5 Å². The fourth-order valence-electron chi connectivity index (χ4n) is 3.25. The molecule has 1 aromatic carbocycles. The second-order valence-electron chi connectivity index (χ2n) is 5.88. The van der Waals surface area contributed by atoms with Crippen molar-refractivity contribution in [3.8, 4) is 0 Å². The van der Waals surface area contributed by atoms with Crippen molar-refractivity contribution >= 4 is 16.7 Å². The lowest BCUT2D eigenvalue weighted by molar-refractivity contribution is 0.0923. The Morgan fingerprint density at radius 1 is 1.15 bits per heavy atom. The van der Waals surface area contributed by atoms with Gasteiger partial charge in [-0.15, -0.1) is 0 Å². The van der Waals surface area contributed by atoms with Gasteiger partial charge in [0.1, 0.15) is 5.82 Å². The maximum atomic E-state index is 5.43. The number of hydrogen-bond acceptors (Lipinski definition) is 3. The molecule has 1 aliphatic carbocycles. The van der Waals surface area contributed by atoms with Crippen LogP contribution < -0.4 is 5.32 Å². The van der Waals surface area contributed by atoms with E-state index in [1.54, 1.807) is 7.11 Å². The SMILES string of the molecule is COCC1(CNc2ccc3ccccc3n2)CCCC1. The maximum absolute atomic E-state index is 5.43. The molecule has 1 fully saturated rings. The van der Waals surface area contributed by atoms with Gasteiger partial charge in [-0.3, -0.25) is 0 Å². The summed E-state index contributed by atoms with van der Waals surface area (Å²) in [7, 11) is 1.80. The highest BCUT2D eigenvalue weighted by molar-refractivity contribution is 5.80. The summed E-state index contributed by atoms with van der Waals surface area (Å²) in [6, 6.07) is 12.4. The van der Waals surface area contributed by atoms with Crippen molar-refractivity contribution in [2.45, 2.75) is 25.7 Å². The fraction of sp³-hybridized carbons (Fsp3) is 0.471. The summed E-state index contributed by atoms with van der Waals surface area (Å²) >= 11 is 0. The molecular formula is C17H22N2O. The van der Waals surface area contributed by atoms with Crippen molar-refractivity contribution in [2.75, 3.05) is 25.6 Å². The van der Waals surface area contributed by atoms with E-state index in [4.69, 9.17) is 4.74 Å². The van der Waals surface area contributed by atoms with E-state index in [2.05, 4.69) is 34.6 Å². The number of nitrogens with zero attached hydrogens (tertiary/aromatic N) is 1. The molecular weight excluding hydrogens is 248 g/mol. The Bertz CT molecular complexity index is 576. The Hall–Kier alpha value is -1.61. The molecule has 1 aromatic heterocycles. The predicted octanol–water partition coefficient (Wildman–Crippen LogP) is 3.85. The molecule has 106 valence electrons. The summed E-state index contributed by atoms with van der Waals surface area (Å²) in [6.07, 6.45) is 5.13. The topological polar surface area (TPSA) is 34.1 Å². The van der Waals surface area contributed by atoms with Gasteiger partial charge in [0.05, 0.1) is 12.1 Å². The number of anilines is 1. The minimum absolute atomic E-state index is 0.294. The molecule has 0 aliphatic heterocycles. The number of aromatic nitrogens is 1. The van der Waals surface area contributed by atoms with E-state index >= 15 is 0 Å². The standard InChI is InChI=1S/C17H22N2O/c1-20-13-17(10-4-5-11-17)12-18-16-9-8-14-6-2-3-7-15(14)19-16/h2-3,6-9H,4-5,10-13H2,1H3,(H,18,19). The Labute approximate surface area is 120 Å². The molecule has 1 saturated carbocycles. The molecule has 0 saturated heterocycles. The lowest BCUT2D eigenvalue weighted by Crippen LogP contribution is -2.31. The van der Waals surface area contributed by atoms with Crippen LogP contribution in [0.1, 0.15) is 25.7 Å². The van der Waals surface area contributed by atoms with E-state index < -0.39 is 0 Å². The molecule has 20 heavy (non-hydrogen) atoms. The molecule has 3 heteroatoms. The van der Waals surface area contributed by atoms with Gasteiger partial charge >= 0.3 is 0 Å². The summed E-state index contributed by atoms with van der Waals surface area (Å²) in [5, 5.41) is 4.70. The molecule has 0 atom stereocenters. The molecule has 0 spiro atoms. The average Bonchev–Trinajstić information content (AvgIpc) is 2.94. The van der Waals surface area contributed by atoms with Crippen molar-refractivity contribution in [3.05, 3.63) is 36.4 Å². The summed E-state index contributed by atoms with van der Waals surface area (Å²) in [5.41, 5.74) is 1.34. The Kier molecular flexibility index (Phi) is 3.88. The summed E-state index contributed by atoms with van der Waals surface area (Å²) < 4.78 is 5.43. The van der Waals surface area contributed by atoms with E-state index in [1.165, 1.54) is 31.1 Å². The van der Waals surface area contributed by atoms with Crippen LogP contribution in [0.25, 0.3) is 10.9 Å². The number of fused-ring (bicyclic) bond motifs is 1. The molecule has 0 bridgehead atoms. The van der Waals surface area contributed by atoms with Crippen LogP contribution in [0.2, 0.25) is 0 Å². The zero-order chi connectivity index (χ0) is 13.8. The molecule has 1 aliphatic rings. The molecule has 0 amide bonds. The van der Waals surface area contributed by atoms with Gasteiger partial charge in [0.2, 0.25) is 0 Å². The summed E-state index contributed by atoms with van der Waals surface area (Å²) in [5.74, 6) is 0.964. The zero-order valence-electron chi connectivity index (χ0n) is 12.1. The molecule has 3 nitrogen and oxygen atoms in total. The van der Waals surface area contributed by atoms with Crippen molar-refractivity contribution < 1.29 is 4.74 Å². The summed E-state index contributed by atoms with van der Waals surface area (Å²) in [6.45, 7) is 1.79. The highest BCUT2D eigenvalue weighted by Crippen LogP contribution is 2.38. The maximum Gasteiger partial charge on any atom is 0.126 e. The number of hydrogen-bond donors (Lipinski definition) is 1. The van der Waals surface area contributed by atoms with Crippen molar-refractivity contribution in [3.63, 3.8) is 0 Å². The fourth-order valence-corrected chi connectivity index (χ4v) is 3.25. The highest BCUT2D eigenvalue weighted by Gasteiger charge is 2.33. The molecule has 1 N–H and O–H groups in total. The van der Waals surface area contributed by atoms with E-state index in [1.807, 2.05) is 12.1 Å². The number of benzene rings is 1. The van der Waals surface area contributed by atoms with E-state index in [-0.39, 0.29) is 0 Å². The van der Waals surface area contributed by atoms with Crippen LogP contribution >= 0.6 is 0 Å². The van der Waals surface area contributed by atoms with Crippen LogP contribution in [0, 0.1) is 5.41 Å². The molecule has 2 aromatic rings. The van der Waals surface area contributed by atoms with Crippen LogP contribution in [-0.4, -0.2) is 25.2 Å². The number of pyridine rings is 1. The largest absolute Gasteiger partial charge is 0.384 e. The van der Waals surface area contributed by atoms with Gasteiger partial charge in [-0.25, -0.2) is 4.98 Å². The van der Waals surface area contributed by atoms with E-state index in [9.17, 15) is 0 Å². The molecule has 1 heterocycles. The second-order valence-corrected chi connectivity index (χ2v) is 5.88. The Morgan fingerprint density at radius 2 is 1.95 bits per heavy atom. The number of para-hydroxylation sites is 1. The van der Waals surface area contributed by atoms with Crippen LogP contribution in [-0.2, 0) is 4.74 Å². The molecule has 0 unspecified atom stereocenters. The number of rotatable bonds is 5. The van der Waals surface area contributed by atoms with Gasteiger partial charge < -0.3 is 10.1 Å². The first kappa shape index (κ1) is 13.4. The van der Waals surface area contributed by atoms with Crippen LogP contribution in [0.5, 0.6) is 0 Å². The number of ether oxygens (including phenoxy) is 1. The number of nitrogens with one attached hydrogen (secondary N) is 1. The first-order valence-corrected chi connectivity index (χ1v) is 7.40. The average molecular weight is 270 g/mol. The van der Waals surface area contributed by atoms with Gasteiger partial charge in [-0.05, 0) is 31.0 Å². The highest BCUT2D eigenvalue weighted by atomic mass is 16.5. The quantitative estimate of drug-likeness (QED) is 0.896. The van der Waals surface area contributed by atoms with Crippen LogP contribution in [0.3, 0.4) is 0 Å². The first-order valence-electron chi connectivity index (χ1n) is 7.40. The third-order valence-corrected chi connectivity index (χ3v) is 4.36. The molecule has 3 rings (SSSR count). The smallest absolute Gasteiger partial charge is 0.126 e. The van der Waals surface area contributed by atoms with Crippen LogP contribution in [0.15, 0.2) is 36.4 Å². The van der Waals surface area contributed by atoms with Gasteiger partial charge in [0.15, 0.2) is 0 Å². The third-order valence-electron chi connectivity index (χ3n) is 4.36. The third kappa shape index (κ3) is 2.78. The number of methoxy groups -OCH3 is 1.